The molecule has 1 aromatic carbocycles. The number of rotatable bonds is 14. The quantitative estimate of drug-likeness (QED) is 0.231. The molecule has 0 spiro atoms. The van der Waals surface area contributed by atoms with Gasteiger partial charge >= 0.3 is 6.09 Å². The maximum absolute atomic E-state index is 14.0. The van der Waals surface area contributed by atoms with Gasteiger partial charge in [0.1, 0.15) is 18.7 Å². The highest BCUT2D eigenvalue weighted by Crippen LogP contribution is 2.29. The van der Waals surface area contributed by atoms with Gasteiger partial charge in [0.2, 0.25) is 10.0 Å². The molecule has 46 heavy (non-hydrogen) atoms. The first kappa shape index (κ1) is 33.0. The summed E-state index contributed by atoms with van der Waals surface area (Å²) in [5.74, 6) is -0.156. The number of furan rings is 1. The van der Waals surface area contributed by atoms with Crippen LogP contribution in [0.3, 0.4) is 0 Å². The normalized spacial score (nSPS) is 15.8. The largest absolute Gasteiger partial charge is 0.472 e. The Balaban J connectivity index is 1.29. The van der Waals surface area contributed by atoms with Crippen molar-refractivity contribution in [3.05, 3.63) is 111 Å². The fraction of sp³-hybridized carbons (Fsp3) is 0.312. The van der Waals surface area contributed by atoms with Crippen molar-refractivity contribution < 1.29 is 32.3 Å². The van der Waals surface area contributed by atoms with Gasteiger partial charge < -0.3 is 24.9 Å². The minimum atomic E-state index is -4.07. The molecule has 2 aromatic heterocycles. The summed E-state index contributed by atoms with van der Waals surface area (Å²) in [6.07, 6.45) is 7.42. The molecule has 5 rings (SSSR count). The molecular weight excluding hydrogens is 631 g/mol. The van der Waals surface area contributed by atoms with Crippen molar-refractivity contribution >= 4 is 39.1 Å². The number of hydrogen-bond acceptors (Lipinski definition) is 10. The molecule has 0 radical (unpaired) electrons. The van der Waals surface area contributed by atoms with E-state index in [2.05, 4.69) is 20.6 Å². The third-order valence-corrected chi connectivity index (χ3v) is 9.90. The number of ether oxygens (including phenoxy) is 1. The zero-order chi connectivity index (χ0) is 32.7. The minimum absolute atomic E-state index is 0.00996. The van der Waals surface area contributed by atoms with Crippen LogP contribution in [0.1, 0.15) is 41.1 Å². The van der Waals surface area contributed by atoms with E-state index in [1.807, 2.05) is 44.2 Å². The number of allylic oxidation sites excluding steroid dienone is 5. The number of nitrogens with zero attached hydrogens (tertiary/aromatic N) is 3. The summed E-state index contributed by atoms with van der Waals surface area (Å²) in [5, 5.41) is 16.9. The molecule has 2 amide bonds. The first-order valence-electron chi connectivity index (χ1n) is 14.7. The summed E-state index contributed by atoms with van der Waals surface area (Å²) in [6, 6.07) is 9.97. The van der Waals surface area contributed by atoms with Crippen LogP contribution in [0.4, 0.5) is 4.79 Å². The number of aliphatic hydroxyl groups excluding tert-OH is 1. The summed E-state index contributed by atoms with van der Waals surface area (Å²) >= 11 is 1.35. The van der Waals surface area contributed by atoms with Gasteiger partial charge in [-0.15, -0.1) is 11.3 Å². The van der Waals surface area contributed by atoms with E-state index in [0.29, 0.717) is 22.7 Å². The number of carbonyl (C=O) groups is 2. The summed E-state index contributed by atoms with van der Waals surface area (Å²) < 4.78 is 39.6. The molecule has 2 unspecified atom stereocenters. The number of nitrogens with one attached hydrogen (secondary N) is 2. The standard InChI is InChI=1S/C32H35N5O7S2/c1-21(2)16-37(17-29(38)28(12-22-6-4-3-5-7-22)35-32(40)44-19-25-15-33-20-45-25)46(41,42)26-9-8-23-13-30(34-27(23)14-26)36-31(39)24-10-11-43-18-24/h3-11,13,15,18,20-21,28-29,38H,12,14,16-17,19H2,1-2H3,(H,35,40)(H,36,39). The summed E-state index contributed by atoms with van der Waals surface area (Å²) in [6.45, 7) is 3.67. The van der Waals surface area contributed by atoms with Gasteiger partial charge in [-0.3, -0.25) is 9.78 Å². The number of thiazole rings is 1. The second-order valence-corrected chi connectivity index (χ2v) is 14.2. The lowest BCUT2D eigenvalue weighted by molar-refractivity contribution is 0.0877. The molecule has 1 aliphatic carbocycles. The summed E-state index contributed by atoms with van der Waals surface area (Å²) in [7, 11) is -4.07. The predicted octanol–water partition coefficient (Wildman–Crippen LogP) is 4.16. The third-order valence-electron chi connectivity index (χ3n) is 7.22. The van der Waals surface area contributed by atoms with E-state index in [1.54, 1.807) is 23.9 Å². The zero-order valence-electron chi connectivity index (χ0n) is 25.3. The van der Waals surface area contributed by atoms with Gasteiger partial charge in [0, 0.05) is 31.3 Å². The van der Waals surface area contributed by atoms with Crippen molar-refractivity contribution in [2.24, 2.45) is 10.9 Å². The number of benzene rings is 1. The molecule has 3 N–H and O–H groups in total. The molecule has 14 heteroatoms. The molecule has 2 aliphatic rings. The number of hydrogen-bond donors (Lipinski definition) is 3. The molecule has 3 aromatic rings. The fourth-order valence-electron chi connectivity index (χ4n) is 4.96. The molecule has 12 nitrogen and oxygen atoms in total. The first-order chi connectivity index (χ1) is 22.1. The number of fused-ring (bicyclic) bond motifs is 1. The molecule has 1 aliphatic heterocycles. The van der Waals surface area contributed by atoms with Crippen LogP contribution in [0.2, 0.25) is 0 Å². The molecule has 0 saturated carbocycles. The highest BCUT2D eigenvalue weighted by Gasteiger charge is 2.35. The Labute approximate surface area is 271 Å². The Morgan fingerprint density at radius 2 is 1.96 bits per heavy atom. The van der Waals surface area contributed by atoms with Gasteiger partial charge in [-0.1, -0.05) is 50.3 Å². The smallest absolute Gasteiger partial charge is 0.407 e. The lowest BCUT2D eigenvalue weighted by atomic mass is 10.0. The van der Waals surface area contributed by atoms with E-state index in [0.717, 1.165) is 10.4 Å². The molecule has 242 valence electrons. The fourth-order valence-corrected chi connectivity index (χ4v) is 7.20. The van der Waals surface area contributed by atoms with E-state index < -0.39 is 34.2 Å². The van der Waals surface area contributed by atoms with Crippen LogP contribution in [0.15, 0.2) is 105 Å². The second kappa shape index (κ2) is 14.8. The van der Waals surface area contributed by atoms with Gasteiger partial charge in [0.25, 0.3) is 5.91 Å². The van der Waals surface area contributed by atoms with E-state index in [4.69, 9.17) is 9.15 Å². The topological polar surface area (TPSA) is 163 Å². The van der Waals surface area contributed by atoms with Gasteiger partial charge in [-0.05, 0) is 36.1 Å². The van der Waals surface area contributed by atoms with Crippen LogP contribution in [0.25, 0.3) is 0 Å². The number of aliphatic hydroxyl groups is 1. The molecule has 0 fully saturated rings. The SMILES string of the molecule is CC(C)CN(CC(O)C(Cc1ccccc1)NC(=O)OCc1cncs1)S(=O)(=O)C1=CC=C2C=C(NC(=O)c3ccoc3)N=C2C1. The second-order valence-electron chi connectivity index (χ2n) is 11.3. The molecule has 2 atom stereocenters. The Morgan fingerprint density at radius 1 is 1.15 bits per heavy atom. The Kier molecular flexibility index (Phi) is 10.6. The minimum Gasteiger partial charge on any atom is -0.472 e. The number of amides is 2. The van der Waals surface area contributed by atoms with Crippen LogP contribution in [-0.2, 0) is 27.8 Å². The van der Waals surface area contributed by atoms with Gasteiger partial charge in [-0.2, -0.15) is 4.31 Å². The Hall–Kier alpha value is -4.37. The number of carbonyl (C=O) groups excluding carboxylic acids is 2. The van der Waals surface area contributed by atoms with Crippen molar-refractivity contribution in [1.29, 1.82) is 0 Å². The van der Waals surface area contributed by atoms with Crippen molar-refractivity contribution in [3.63, 3.8) is 0 Å². The average Bonchev–Trinajstić information content (AvgIpc) is 3.81. The van der Waals surface area contributed by atoms with Crippen molar-refractivity contribution in [1.82, 2.24) is 19.9 Å². The maximum atomic E-state index is 14.0. The van der Waals surface area contributed by atoms with Crippen LogP contribution in [0, 0.1) is 5.92 Å². The van der Waals surface area contributed by atoms with Crippen LogP contribution >= 0.6 is 11.3 Å². The predicted molar refractivity (Wildman–Crippen MR) is 173 cm³/mol. The number of aliphatic imine (C=N–C) groups is 1. The first-order valence-corrected chi connectivity index (χ1v) is 17.0. The van der Waals surface area contributed by atoms with Crippen molar-refractivity contribution in [2.45, 2.75) is 45.4 Å². The highest BCUT2D eigenvalue weighted by molar-refractivity contribution is 7.93. The van der Waals surface area contributed by atoms with Crippen molar-refractivity contribution in [2.75, 3.05) is 13.1 Å². The Bertz CT molecular complexity index is 1750. The van der Waals surface area contributed by atoms with Crippen molar-refractivity contribution in [3.8, 4) is 0 Å². The van der Waals surface area contributed by atoms with Crippen LogP contribution in [-0.4, -0.2) is 65.8 Å². The zero-order valence-corrected chi connectivity index (χ0v) is 27.0. The lowest BCUT2D eigenvalue weighted by Gasteiger charge is -2.31. The molecular formula is C32H35N5O7S2. The number of sulfonamides is 1. The third kappa shape index (κ3) is 8.46. The Morgan fingerprint density at radius 3 is 2.65 bits per heavy atom. The monoisotopic (exact) mass is 665 g/mol. The summed E-state index contributed by atoms with van der Waals surface area (Å²) in [4.78, 5) is 34.5. The van der Waals surface area contributed by atoms with Gasteiger partial charge in [-0.25, -0.2) is 18.2 Å². The average molecular weight is 666 g/mol. The van der Waals surface area contributed by atoms with E-state index in [1.165, 1.54) is 40.3 Å². The van der Waals surface area contributed by atoms with Gasteiger partial charge in [0.05, 0.1) is 45.0 Å². The molecule has 3 heterocycles. The van der Waals surface area contributed by atoms with E-state index in [-0.39, 0.29) is 43.4 Å². The van der Waals surface area contributed by atoms with Crippen LogP contribution < -0.4 is 10.6 Å². The molecule has 0 bridgehead atoms. The number of aromatic nitrogens is 1. The number of alkyl carbamates (subject to hydrolysis) is 1. The molecule has 0 saturated heterocycles. The van der Waals surface area contributed by atoms with Crippen LogP contribution in [0.5, 0.6) is 0 Å². The summed E-state index contributed by atoms with van der Waals surface area (Å²) in [5.41, 5.74) is 4.02. The lowest BCUT2D eigenvalue weighted by Crippen LogP contribution is -2.51. The van der Waals surface area contributed by atoms with Gasteiger partial charge in [0.15, 0.2) is 0 Å². The highest BCUT2D eigenvalue weighted by atomic mass is 32.2. The maximum Gasteiger partial charge on any atom is 0.407 e. The van der Waals surface area contributed by atoms with E-state index in [9.17, 15) is 23.1 Å². The van der Waals surface area contributed by atoms with E-state index >= 15 is 0 Å².